The summed E-state index contributed by atoms with van der Waals surface area (Å²) in [5.41, 5.74) is 33.4. The summed E-state index contributed by atoms with van der Waals surface area (Å²) in [6.45, 7) is 13.3. The maximum Gasteiger partial charge on any atom is 0.246 e. The van der Waals surface area contributed by atoms with Gasteiger partial charge in [-0.2, -0.15) is 0 Å². The zero-order valence-corrected chi connectivity index (χ0v) is 53.2. The zero-order valence-electron chi connectivity index (χ0n) is 53.2. The van der Waals surface area contributed by atoms with Crippen molar-refractivity contribution in [3.05, 3.63) is 195 Å². The minimum absolute atomic E-state index is 0.105. The van der Waals surface area contributed by atoms with Crippen LogP contribution in [0.15, 0.2) is 127 Å². The molecule has 18 nitrogen and oxygen atoms in total. The van der Waals surface area contributed by atoms with E-state index >= 15 is 0 Å². The van der Waals surface area contributed by atoms with Crippen molar-refractivity contribution in [2.75, 3.05) is 35.6 Å². The Morgan fingerprint density at radius 1 is 0.363 bits per heavy atom. The lowest BCUT2D eigenvalue weighted by molar-refractivity contribution is -0.126. The number of fused-ring (bicyclic) bond motifs is 3. The maximum absolute atomic E-state index is 14.1. The summed E-state index contributed by atoms with van der Waals surface area (Å²) < 4.78 is 0. The molecule has 9 rings (SSSR count). The molecule has 15 N–H and O–H groups in total. The average Bonchev–Trinajstić information content (AvgIpc) is 1.95. The Kier molecular flexibility index (Phi) is 22.4. The van der Waals surface area contributed by atoms with Gasteiger partial charge in [0, 0.05) is 72.8 Å². The first-order chi connectivity index (χ1) is 43.9. The number of hydrogen-bond acceptors (Lipinski definition) is 9. The Morgan fingerprint density at radius 3 is 0.879 bits per heavy atom. The number of unbranched alkanes of at least 4 members (excludes halogenated alkanes) is 3. The molecule has 0 spiro atoms. The topological polar surface area (TPSA) is 300 Å². The molecule has 0 radical (unpaired) electrons. The first-order valence-corrected chi connectivity index (χ1v) is 31.8. The Balaban J connectivity index is 0.941. The van der Waals surface area contributed by atoms with Crippen LogP contribution in [0.1, 0.15) is 131 Å². The molecular weight excluding hydrogens is 1140 g/mol. The van der Waals surface area contributed by atoms with Crippen LogP contribution in [-0.2, 0) is 48.0 Å². The first kappa shape index (κ1) is 66.1. The van der Waals surface area contributed by atoms with Gasteiger partial charge in [-0.3, -0.25) is 28.8 Å². The summed E-state index contributed by atoms with van der Waals surface area (Å²) >= 11 is 0. The van der Waals surface area contributed by atoms with Gasteiger partial charge >= 0.3 is 0 Å². The number of nitrogens with one attached hydrogen (secondary N) is 9. The monoisotopic (exact) mass is 1230 g/mol. The molecule has 91 heavy (non-hydrogen) atoms. The van der Waals surface area contributed by atoms with Crippen molar-refractivity contribution in [2.45, 2.75) is 143 Å². The number of nitrogens with two attached hydrogens (primary N) is 3. The molecule has 0 fully saturated rings. The Labute approximate surface area is 532 Å². The minimum atomic E-state index is -0.815. The van der Waals surface area contributed by atoms with Gasteiger partial charge in [0.05, 0.1) is 19.3 Å². The molecule has 6 amide bonds. The van der Waals surface area contributed by atoms with E-state index in [1.165, 1.54) is 0 Å². The molecule has 0 aliphatic heterocycles. The average molecular weight is 1230 g/mol. The van der Waals surface area contributed by atoms with Crippen LogP contribution in [0.25, 0.3) is 32.7 Å². The summed E-state index contributed by atoms with van der Waals surface area (Å²) in [4.78, 5) is 94.0. The van der Waals surface area contributed by atoms with E-state index in [9.17, 15) is 28.8 Å². The van der Waals surface area contributed by atoms with Crippen LogP contribution in [0.2, 0.25) is 0 Å². The SMILES string of the molecule is Cc1[nH]c2c(C)cccc2c1CC(=O)N[C@H](CCCCN)C(=O)Nc1ccc(C(c2ccc(NC(=O)[C@@H](CCCCN)NC(=O)Cc3c(C)[nH]c4c(C)cccc34)cc2)c2ccc(NC(=O)[C@@H](CCCCN)NC(=O)Cc3c(C)[nH]c4c(C)cccc34)cc2)cc1. The number of aromatic nitrogens is 3. The second-order valence-electron chi connectivity index (χ2n) is 24.2. The fraction of sp³-hybridized carbons (Fsp3) is 0.342. The largest absolute Gasteiger partial charge is 0.358 e. The van der Waals surface area contributed by atoms with Crippen LogP contribution < -0.4 is 49.1 Å². The highest BCUT2D eigenvalue weighted by molar-refractivity contribution is 6.01. The van der Waals surface area contributed by atoms with Crippen molar-refractivity contribution in [2.24, 2.45) is 17.2 Å². The molecular formula is C73H88N12O6. The molecule has 3 heterocycles. The molecule has 0 aliphatic carbocycles. The van der Waals surface area contributed by atoms with E-state index in [-0.39, 0.29) is 60.6 Å². The summed E-state index contributed by atoms with van der Waals surface area (Å²) in [6.07, 6.45) is 5.52. The number of carbonyl (C=O) groups is 6. The number of amides is 6. The Morgan fingerprint density at radius 2 is 0.626 bits per heavy atom. The number of H-pyrrole nitrogens is 3. The lowest BCUT2D eigenvalue weighted by atomic mass is 9.85. The third-order valence-corrected chi connectivity index (χ3v) is 17.4. The highest BCUT2D eigenvalue weighted by Crippen LogP contribution is 2.35. The number of para-hydroxylation sites is 3. The molecule has 18 heteroatoms. The van der Waals surface area contributed by atoms with Crippen LogP contribution in [0.4, 0.5) is 17.1 Å². The summed E-state index contributed by atoms with van der Waals surface area (Å²) in [7, 11) is 0. The molecule has 3 atom stereocenters. The van der Waals surface area contributed by atoms with E-state index in [0.29, 0.717) is 94.5 Å². The first-order valence-electron chi connectivity index (χ1n) is 31.8. The van der Waals surface area contributed by atoms with Crippen LogP contribution in [0.5, 0.6) is 0 Å². The van der Waals surface area contributed by atoms with Gasteiger partial charge in [-0.1, -0.05) is 91.0 Å². The van der Waals surface area contributed by atoms with Crippen molar-refractivity contribution in [3.8, 4) is 0 Å². The van der Waals surface area contributed by atoms with Crippen LogP contribution in [0, 0.1) is 41.5 Å². The van der Waals surface area contributed by atoms with Gasteiger partial charge in [-0.15, -0.1) is 0 Å². The molecule has 0 bridgehead atoms. The van der Waals surface area contributed by atoms with Crippen LogP contribution >= 0.6 is 0 Å². The third kappa shape index (κ3) is 16.5. The smallest absolute Gasteiger partial charge is 0.246 e. The second kappa shape index (κ2) is 30.9. The van der Waals surface area contributed by atoms with Gasteiger partial charge in [-0.25, -0.2) is 0 Å². The molecule has 0 aliphatic rings. The van der Waals surface area contributed by atoms with Gasteiger partial charge < -0.3 is 64.1 Å². The minimum Gasteiger partial charge on any atom is -0.358 e. The fourth-order valence-corrected chi connectivity index (χ4v) is 12.4. The normalized spacial score (nSPS) is 12.5. The Bertz CT molecular complexity index is 3620. The lowest BCUT2D eigenvalue weighted by Gasteiger charge is -2.22. The zero-order chi connectivity index (χ0) is 64.7. The van der Waals surface area contributed by atoms with E-state index in [1.807, 2.05) is 169 Å². The lowest BCUT2D eigenvalue weighted by Crippen LogP contribution is -2.44. The number of anilines is 3. The second-order valence-corrected chi connectivity index (χ2v) is 24.2. The molecule has 6 aromatic carbocycles. The predicted octanol–water partition coefficient (Wildman–Crippen LogP) is 10.5. The predicted molar refractivity (Wildman–Crippen MR) is 365 cm³/mol. The summed E-state index contributed by atoms with van der Waals surface area (Å²) in [5, 5.41) is 21.2. The number of carbonyl (C=O) groups excluding carboxylic acids is 6. The van der Waals surface area contributed by atoms with E-state index < -0.39 is 18.1 Å². The van der Waals surface area contributed by atoms with Crippen molar-refractivity contribution in [1.29, 1.82) is 0 Å². The van der Waals surface area contributed by atoms with Crippen molar-refractivity contribution in [3.63, 3.8) is 0 Å². The van der Waals surface area contributed by atoms with Crippen molar-refractivity contribution >= 4 is 85.2 Å². The number of aryl methyl sites for hydroxylation is 6. The molecule has 3 aromatic heterocycles. The number of hydrogen-bond donors (Lipinski definition) is 12. The van der Waals surface area contributed by atoms with Gasteiger partial charge in [0.2, 0.25) is 35.4 Å². The van der Waals surface area contributed by atoms with E-state index in [4.69, 9.17) is 17.2 Å². The highest BCUT2D eigenvalue weighted by Gasteiger charge is 2.27. The van der Waals surface area contributed by atoms with E-state index in [0.717, 1.165) is 99.9 Å². The van der Waals surface area contributed by atoms with Gasteiger partial charge in [0.15, 0.2) is 0 Å². The van der Waals surface area contributed by atoms with Crippen molar-refractivity contribution < 1.29 is 28.8 Å². The standard InChI is InChI=1S/C73H88N12O6/c1-43-16-13-19-55-58(46(4)77-68(43)55)40-64(86)83-61(22-7-10-37-74)71(89)80-52-31-25-49(26-32-52)67(50-27-33-53(34-28-50)81-72(90)62(23-8-11-38-75)84-65(87)41-59-47(5)78-69-44(2)17-14-20-56(59)69)51-29-35-54(36-30-51)82-73(91)63(24-9-12-39-76)85-66(88)42-60-48(6)79-70-45(3)18-15-21-57(60)70/h13-21,25-36,61-63,67,77-79H,7-12,22-24,37-42,74-76H2,1-6H3,(H,80,89)(H,81,90)(H,82,91)(H,83,86)(H,84,87)(H,85,88)/t61-,62-,63-/m1/s1. The number of rotatable bonds is 30. The van der Waals surface area contributed by atoms with Crippen LogP contribution in [-0.4, -0.2) is 88.2 Å². The number of benzene rings is 6. The fourth-order valence-electron chi connectivity index (χ4n) is 12.4. The highest BCUT2D eigenvalue weighted by atomic mass is 16.2. The quantitative estimate of drug-likeness (QED) is 0.0150. The summed E-state index contributed by atoms with van der Waals surface area (Å²) in [5.74, 6) is -2.23. The molecule has 0 saturated carbocycles. The van der Waals surface area contributed by atoms with Gasteiger partial charge in [0.1, 0.15) is 18.1 Å². The van der Waals surface area contributed by atoms with Crippen LogP contribution in [0.3, 0.4) is 0 Å². The molecule has 0 unspecified atom stereocenters. The molecule has 476 valence electrons. The molecule has 0 saturated heterocycles. The number of aromatic amines is 3. The molecule has 9 aromatic rings. The summed E-state index contributed by atoms with van der Waals surface area (Å²) in [6, 6.07) is 38.2. The van der Waals surface area contributed by atoms with Crippen molar-refractivity contribution in [1.82, 2.24) is 30.9 Å². The van der Waals surface area contributed by atoms with Gasteiger partial charge in [0.25, 0.3) is 0 Å². The Hall–Kier alpha value is -9.36. The van der Waals surface area contributed by atoms with E-state index in [2.05, 4.69) is 46.9 Å². The maximum atomic E-state index is 14.1. The van der Waals surface area contributed by atoms with Gasteiger partial charge in [-0.05, 0) is 205 Å². The van der Waals surface area contributed by atoms with E-state index in [1.54, 1.807) is 0 Å². The third-order valence-electron chi connectivity index (χ3n) is 17.4.